The summed E-state index contributed by atoms with van der Waals surface area (Å²) < 4.78 is 91.2. The summed E-state index contributed by atoms with van der Waals surface area (Å²) in [5, 5.41) is 9.53. The maximum atomic E-state index is 13.7. The van der Waals surface area contributed by atoms with E-state index >= 15 is 0 Å². The van der Waals surface area contributed by atoms with Gasteiger partial charge in [0.2, 0.25) is 5.82 Å². The molecule has 4 nitrogen and oxygen atoms in total. The van der Waals surface area contributed by atoms with Crippen molar-refractivity contribution in [2.75, 3.05) is 11.4 Å². The smallest absolute Gasteiger partial charge is 0.267 e. The number of hydrogen-bond acceptors (Lipinski definition) is 3. The number of para-hydroxylation sites is 1. The molecule has 0 radical (unpaired) electrons. The minimum Gasteiger partial charge on any atom is -0.507 e. The summed E-state index contributed by atoms with van der Waals surface area (Å²) in [4.78, 5) is -0.758. The summed E-state index contributed by atoms with van der Waals surface area (Å²) in [6, 6.07) is 4.39. The Balaban J connectivity index is 2.71. The van der Waals surface area contributed by atoms with Gasteiger partial charge in [0.15, 0.2) is 23.3 Å². The van der Waals surface area contributed by atoms with E-state index in [9.17, 15) is 35.5 Å². The van der Waals surface area contributed by atoms with Gasteiger partial charge < -0.3 is 5.11 Å². The van der Waals surface area contributed by atoms with Gasteiger partial charge in [-0.15, -0.1) is 0 Å². The zero-order valence-electron chi connectivity index (χ0n) is 11.3. The van der Waals surface area contributed by atoms with Gasteiger partial charge in [0, 0.05) is 7.05 Å². The van der Waals surface area contributed by atoms with E-state index in [1.54, 1.807) is 0 Å². The van der Waals surface area contributed by atoms with E-state index in [2.05, 4.69) is 0 Å². The van der Waals surface area contributed by atoms with Crippen LogP contribution in [-0.2, 0) is 10.0 Å². The molecule has 23 heavy (non-hydrogen) atoms. The van der Waals surface area contributed by atoms with E-state index in [1.807, 2.05) is 0 Å². The molecule has 0 unspecified atom stereocenters. The number of phenolic OH excluding ortho intramolecular Hbond substituents is 1. The monoisotopic (exact) mass is 353 g/mol. The van der Waals surface area contributed by atoms with E-state index in [-0.39, 0.29) is 4.31 Å². The fourth-order valence-corrected chi connectivity index (χ4v) is 3.09. The summed E-state index contributed by atoms with van der Waals surface area (Å²) in [7, 11) is -4.17. The highest BCUT2D eigenvalue weighted by molar-refractivity contribution is 7.92. The summed E-state index contributed by atoms with van der Waals surface area (Å²) in [6.45, 7) is 0. The highest BCUT2D eigenvalue weighted by Crippen LogP contribution is 2.34. The van der Waals surface area contributed by atoms with E-state index in [1.165, 1.54) is 12.1 Å². The molecule has 1 N–H and O–H groups in total. The summed E-state index contributed by atoms with van der Waals surface area (Å²) in [5.41, 5.74) is -1.65. The number of benzene rings is 2. The van der Waals surface area contributed by atoms with Gasteiger partial charge in [0.05, 0.1) is 0 Å². The van der Waals surface area contributed by atoms with Crippen molar-refractivity contribution in [3.63, 3.8) is 0 Å². The number of phenols is 1. The molecular formula is C13H8F5NO3S. The fraction of sp³-hybridized carbons (Fsp3) is 0.0769. The number of halogens is 5. The second-order valence-electron chi connectivity index (χ2n) is 4.36. The maximum absolute atomic E-state index is 13.7. The fourth-order valence-electron chi connectivity index (χ4n) is 1.81. The number of nitrogens with zero attached hydrogens (tertiary/aromatic N) is 1. The Bertz CT molecular complexity index is 856. The van der Waals surface area contributed by atoms with Crippen LogP contribution in [-0.4, -0.2) is 20.6 Å². The lowest BCUT2D eigenvalue weighted by molar-refractivity contribution is 0.380. The highest BCUT2D eigenvalue weighted by atomic mass is 32.2. The normalized spacial score (nSPS) is 11.6. The Hall–Kier alpha value is -2.36. The van der Waals surface area contributed by atoms with Gasteiger partial charge in [-0.2, -0.15) is 0 Å². The van der Waals surface area contributed by atoms with Crippen molar-refractivity contribution in [3.05, 3.63) is 53.4 Å². The summed E-state index contributed by atoms with van der Waals surface area (Å²) in [5.74, 6) is -12.3. The first-order valence-corrected chi connectivity index (χ1v) is 7.33. The lowest BCUT2D eigenvalue weighted by Gasteiger charge is -2.21. The van der Waals surface area contributed by atoms with Gasteiger partial charge in [-0.3, -0.25) is 4.31 Å². The van der Waals surface area contributed by atoms with Crippen LogP contribution in [0.1, 0.15) is 0 Å². The predicted octanol–water partition coefficient (Wildman–Crippen LogP) is 2.91. The van der Waals surface area contributed by atoms with Gasteiger partial charge >= 0.3 is 0 Å². The Kier molecular flexibility index (Phi) is 4.20. The molecular weight excluding hydrogens is 345 g/mol. The van der Waals surface area contributed by atoms with Crippen molar-refractivity contribution in [1.82, 2.24) is 0 Å². The van der Waals surface area contributed by atoms with Gasteiger partial charge in [-0.1, -0.05) is 12.1 Å². The van der Waals surface area contributed by atoms with Crippen LogP contribution in [0.2, 0.25) is 0 Å². The van der Waals surface area contributed by atoms with Gasteiger partial charge in [-0.05, 0) is 12.1 Å². The Morgan fingerprint density at radius 3 is 1.78 bits per heavy atom. The minimum atomic E-state index is -4.77. The first-order chi connectivity index (χ1) is 10.6. The molecule has 2 aromatic rings. The van der Waals surface area contributed by atoms with Gasteiger partial charge in [-0.25, -0.2) is 30.4 Å². The van der Waals surface area contributed by atoms with Crippen LogP contribution in [0.3, 0.4) is 0 Å². The van der Waals surface area contributed by atoms with Crippen molar-refractivity contribution in [1.29, 1.82) is 0 Å². The number of anilines is 1. The van der Waals surface area contributed by atoms with Crippen LogP contribution < -0.4 is 4.31 Å². The average molecular weight is 353 g/mol. The lowest BCUT2D eigenvalue weighted by Crippen LogP contribution is -2.29. The standard InChI is InChI=1S/C13H8F5NO3S/c1-19(23(21,22)7-5-3-2-4-6(7)20)13-11(17)9(15)8(14)10(16)12(13)18/h2-5,20H,1H3. The molecule has 0 saturated heterocycles. The third kappa shape index (κ3) is 2.58. The minimum absolute atomic E-state index is 0.127. The van der Waals surface area contributed by atoms with E-state index in [0.717, 1.165) is 12.1 Å². The second kappa shape index (κ2) is 5.69. The van der Waals surface area contributed by atoms with Crippen molar-refractivity contribution in [2.45, 2.75) is 4.90 Å². The average Bonchev–Trinajstić information content (AvgIpc) is 2.51. The molecule has 0 aromatic heterocycles. The molecule has 0 aliphatic rings. The number of aromatic hydroxyl groups is 1. The molecule has 0 amide bonds. The molecule has 2 aromatic carbocycles. The van der Waals surface area contributed by atoms with Crippen LogP contribution >= 0.6 is 0 Å². The van der Waals surface area contributed by atoms with Crippen LogP contribution in [0.4, 0.5) is 27.6 Å². The topological polar surface area (TPSA) is 57.6 Å². The Morgan fingerprint density at radius 1 is 0.870 bits per heavy atom. The number of sulfonamides is 1. The molecule has 0 heterocycles. The zero-order valence-corrected chi connectivity index (χ0v) is 12.1. The third-order valence-corrected chi connectivity index (χ3v) is 4.81. The molecule has 0 aliphatic heterocycles. The third-order valence-electron chi connectivity index (χ3n) is 3.01. The molecule has 2 rings (SSSR count). The summed E-state index contributed by atoms with van der Waals surface area (Å²) in [6.07, 6.45) is 0. The van der Waals surface area contributed by atoms with Crippen molar-refractivity contribution in [2.24, 2.45) is 0 Å². The van der Waals surface area contributed by atoms with E-state index in [0.29, 0.717) is 7.05 Å². The number of hydrogen-bond donors (Lipinski definition) is 1. The maximum Gasteiger partial charge on any atom is 0.267 e. The first kappa shape index (κ1) is 17.0. The largest absolute Gasteiger partial charge is 0.507 e. The molecule has 0 bridgehead atoms. The predicted molar refractivity (Wildman–Crippen MR) is 69.9 cm³/mol. The quantitative estimate of drug-likeness (QED) is 0.524. The lowest BCUT2D eigenvalue weighted by atomic mass is 10.2. The molecule has 10 heteroatoms. The van der Waals surface area contributed by atoms with Crippen LogP contribution in [0, 0.1) is 29.1 Å². The van der Waals surface area contributed by atoms with Crippen molar-refractivity contribution in [3.8, 4) is 5.75 Å². The molecule has 0 fully saturated rings. The van der Waals surface area contributed by atoms with E-state index in [4.69, 9.17) is 0 Å². The second-order valence-corrected chi connectivity index (χ2v) is 6.30. The van der Waals surface area contributed by atoms with Crippen molar-refractivity contribution < 1.29 is 35.5 Å². The molecule has 0 atom stereocenters. The summed E-state index contributed by atoms with van der Waals surface area (Å²) >= 11 is 0. The Morgan fingerprint density at radius 2 is 1.30 bits per heavy atom. The molecule has 0 saturated carbocycles. The Labute approximate surface area is 127 Å². The number of rotatable bonds is 3. The molecule has 0 spiro atoms. The zero-order chi connectivity index (χ0) is 17.5. The highest BCUT2D eigenvalue weighted by Gasteiger charge is 2.34. The van der Waals surface area contributed by atoms with Crippen LogP contribution in [0.5, 0.6) is 5.75 Å². The van der Waals surface area contributed by atoms with Crippen LogP contribution in [0.15, 0.2) is 29.2 Å². The molecule has 124 valence electrons. The molecule has 0 aliphatic carbocycles. The van der Waals surface area contributed by atoms with Crippen molar-refractivity contribution >= 4 is 15.7 Å². The van der Waals surface area contributed by atoms with Crippen LogP contribution in [0.25, 0.3) is 0 Å². The van der Waals surface area contributed by atoms with E-state index < -0.39 is 55.4 Å². The van der Waals surface area contributed by atoms with Gasteiger partial charge in [0.1, 0.15) is 16.3 Å². The van der Waals surface area contributed by atoms with Gasteiger partial charge in [0.25, 0.3) is 10.0 Å². The SMILES string of the molecule is CN(c1c(F)c(F)c(F)c(F)c1F)S(=O)(=O)c1ccccc1O. The first-order valence-electron chi connectivity index (χ1n) is 5.89.